The Morgan fingerprint density at radius 1 is 1.09 bits per heavy atom. The molecule has 22 heavy (non-hydrogen) atoms. The second-order valence-electron chi connectivity index (χ2n) is 5.69. The molecule has 2 aromatic heterocycles. The van der Waals surface area contributed by atoms with Crippen molar-refractivity contribution in [3.05, 3.63) is 52.2 Å². The highest BCUT2D eigenvalue weighted by Gasteiger charge is 2.20. The van der Waals surface area contributed by atoms with Crippen LogP contribution in [0.4, 0.5) is 5.82 Å². The highest BCUT2D eigenvalue weighted by molar-refractivity contribution is 7.19. The first-order valence-electron chi connectivity index (χ1n) is 7.67. The van der Waals surface area contributed by atoms with Crippen LogP contribution in [0, 0.1) is 0 Å². The molecule has 0 radical (unpaired) electrons. The number of rotatable bonds is 3. The number of thiophene rings is 1. The number of anilines is 1. The van der Waals surface area contributed by atoms with Gasteiger partial charge in [-0.2, -0.15) is 0 Å². The lowest BCUT2D eigenvalue weighted by Crippen LogP contribution is -2.12. The minimum Gasteiger partial charge on any atom is -0.308 e. The first-order chi connectivity index (χ1) is 10.8. The summed E-state index contributed by atoms with van der Waals surface area (Å²) in [5, 5.41) is 1.14. The fraction of sp³-hybridized carbons (Fsp3) is 0.294. The number of nitrogens with one attached hydrogen (secondary N) is 1. The summed E-state index contributed by atoms with van der Waals surface area (Å²) in [6, 6.07) is 10.3. The molecule has 0 saturated carbocycles. The summed E-state index contributed by atoms with van der Waals surface area (Å²) >= 11 is 1.81. The number of hydrazine groups is 1. The summed E-state index contributed by atoms with van der Waals surface area (Å²) < 4.78 is 0. The zero-order chi connectivity index (χ0) is 14.9. The van der Waals surface area contributed by atoms with Gasteiger partial charge in [-0.15, -0.1) is 11.3 Å². The van der Waals surface area contributed by atoms with Crippen molar-refractivity contribution in [1.29, 1.82) is 0 Å². The van der Waals surface area contributed by atoms with Gasteiger partial charge in [0.2, 0.25) is 0 Å². The van der Waals surface area contributed by atoms with E-state index in [1.165, 1.54) is 28.8 Å². The summed E-state index contributed by atoms with van der Waals surface area (Å²) in [4.78, 5) is 12.0. The van der Waals surface area contributed by atoms with Crippen molar-refractivity contribution in [3.63, 3.8) is 0 Å². The summed E-state index contributed by atoms with van der Waals surface area (Å²) in [5.74, 6) is 7.33. The van der Waals surface area contributed by atoms with E-state index in [1.807, 2.05) is 29.5 Å². The maximum absolute atomic E-state index is 5.73. The molecule has 0 aliphatic heterocycles. The topological polar surface area (TPSA) is 63.8 Å². The van der Waals surface area contributed by atoms with Crippen LogP contribution in [0.1, 0.15) is 34.7 Å². The third-order valence-electron chi connectivity index (χ3n) is 4.20. The van der Waals surface area contributed by atoms with Gasteiger partial charge in [0.05, 0.1) is 5.39 Å². The van der Waals surface area contributed by atoms with Crippen LogP contribution in [0.25, 0.3) is 10.2 Å². The Bertz CT molecular complexity index is 810. The molecule has 1 aromatic carbocycles. The molecule has 0 saturated heterocycles. The van der Waals surface area contributed by atoms with Gasteiger partial charge < -0.3 is 5.43 Å². The zero-order valence-electron chi connectivity index (χ0n) is 12.3. The van der Waals surface area contributed by atoms with Crippen molar-refractivity contribution in [3.8, 4) is 0 Å². The molecule has 5 heteroatoms. The molecule has 4 rings (SSSR count). The standard InChI is InChI=1S/C17H18N4S/c18-21-16-15-12-8-4-5-9-13(12)22-17(15)20-14(19-16)10-11-6-2-1-3-7-11/h1-3,6-7H,4-5,8-10,18H2,(H,19,20,21). The molecular formula is C17H18N4S. The van der Waals surface area contributed by atoms with Gasteiger partial charge in [0.15, 0.2) is 5.82 Å². The average Bonchev–Trinajstić information content (AvgIpc) is 2.93. The van der Waals surface area contributed by atoms with Gasteiger partial charge >= 0.3 is 0 Å². The third-order valence-corrected chi connectivity index (χ3v) is 5.39. The van der Waals surface area contributed by atoms with Gasteiger partial charge in [-0.3, -0.25) is 0 Å². The molecule has 0 atom stereocenters. The van der Waals surface area contributed by atoms with E-state index in [2.05, 4.69) is 22.5 Å². The molecule has 0 amide bonds. The molecule has 112 valence electrons. The summed E-state index contributed by atoms with van der Waals surface area (Å²) in [7, 11) is 0. The Balaban J connectivity index is 1.81. The molecule has 2 heterocycles. The van der Waals surface area contributed by atoms with Crippen LogP contribution in [0.5, 0.6) is 0 Å². The average molecular weight is 310 g/mol. The van der Waals surface area contributed by atoms with Gasteiger partial charge in [0.25, 0.3) is 0 Å². The summed E-state index contributed by atoms with van der Waals surface area (Å²) in [6.07, 6.45) is 5.53. The highest BCUT2D eigenvalue weighted by Crippen LogP contribution is 2.38. The summed E-state index contributed by atoms with van der Waals surface area (Å²) in [5.41, 5.74) is 5.41. The molecule has 1 aliphatic rings. The second-order valence-corrected chi connectivity index (χ2v) is 6.77. The van der Waals surface area contributed by atoms with Crippen molar-refractivity contribution < 1.29 is 0 Å². The van der Waals surface area contributed by atoms with E-state index in [0.717, 1.165) is 41.1 Å². The lowest BCUT2D eigenvalue weighted by molar-refractivity contribution is 0.700. The molecule has 0 spiro atoms. The quantitative estimate of drug-likeness (QED) is 0.574. The van der Waals surface area contributed by atoms with Crippen LogP contribution in [-0.2, 0) is 19.3 Å². The highest BCUT2D eigenvalue weighted by atomic mass is 32.1. The Hall–Kier alpha value is -1.98. The lowest BCUT2D eigenvalue weighted by atomic mass is 9.97. The smallest absolute Gasteiger partial charge is 0.152 e. The van der Waals surface area contributed by atoms with Crippen molar-refractivity contribution in [2.45, 2.75) is 32.1 Å². The molecule has 3 N–H and O–H groups in total. The van der Waals surface area contributed by atoms with Gasteiger partial charge in [-0.05, 0) is 36.8 Å². The van der Waals surface area contributed by atoms with E-state index in [9.17, 15) is 0 Å². The number of fused-ring (bicyclic) bond motifs is 3. The predicted octanol–water partition coefficient (Wildman–Crippen LogP) is 3.45. The third kappa shape index (κ3) is 2.36. The van der Waals surface area contributed by atoms with E-state index in [-0.39, 0.29) is 0 Å². The van der Waals surface area contributed by atoms with Gasteiger partial charge in [0, 0.05) is 11.3 Å². The van der Waals surface area contributed by atoms with Crippen LogP contribution in [0.15, 0.2) is 30.3 Å². The SMILES string of the molecule is NNc1nc(Cc2ccccc2)nc2sc3c(c12)CCCC3. The molecule has 0 unspecified atom stereocenters. The Morgan fingerprint density at radius 2 is 1.91 bits per heavy atom. The number of hydrogen-bond acceptors (Lipinski definition) is 5. The summed E-state index contributed by atoms with van der Waals surface area (Å²) in [6.45, 7) is 0. The van der Waals surface area contributed by atoms with Crippen LogP contribution < -0.4 is 11.3 Å². The first-order valence-corrected chi connectivity index (χ1v) is 8.48. The van der Waals surface area contributed by atoms with Crippen molar-refractivity contribution in [1.82, 2.24) is 9.97 Å². The van der Waals surface area contributed by atoms with Gasteiger partial charge in [-0.25, -0.2) is 15.8 Å². The minimum atomic E-state index is 0.730. The fourth-order valence-electron chi connectivity index (χ4n) is 3.16. The van der Waals surface area contributed by atoms with Crippen molar-refractivity contribution in [2.75, 3.05) is 5.43 Å². The van der Waals surface area contributed by atoms with Gasteiger partial charge in [-0.1, -0.05) is 30.3 Å². The number of aromatic nitrogens is 2. The Kier molecular flexibility index (Phi) is 3.52. The molecule has 1 aliphatic carbocycles. The van der Waals surface area contributed by atoms with E-state index in [1.54, 1.807) is 0 Å². The normalized spacial score (nSPS) is 14.0. The molecule has 0 fully saturated rings. The van der Waals surface area contributed by atoms with E-state index in [0.29, 0.717) is 0 Å². The number of nitrogens with zero attached hydrogens (tertiary/aromatic N) is 2. The molecule has 0 bridgehead atoms. The lowest BCUT2D eigenvalue weighted by Gasteiger charge is -2.11. The fourth-order valence-corrected chi connectivity index (χ4v) is 4.44. The monoisotopic (exact) mass is 310 g/mol. The predicted molar refractivity (Wildman–Crippen MR) is 91.1 cm³/mol. The number of nitrogen functional groups attached to an aromatic ring is 1. The maximum Gasteiger partial charge on any atom is 0.152 e. The zero-order valence-corrected chi connectivity index (χ0v) is 13.1. The van der Waals surface area contributed by atoms with E-state index >= 15 is 0 Å². The maximum atomic E-state index is 5.73. The van der Waals surface area contributed by atoms with Crippen molar-refractivity contribution in [2.24, 2.45) is 5.84 Å². The van der Waals surface area contributed by atoms with Gasteiger partial charge in [0.1, 0.15) is 10.7 Å². The Labute approximate surface area is 133 Å². The Morgan fingerprint density at radius 3 is 2.73 bits per heavy atom. The van der Waals surface area contributed by atoms with Crippen LogP contribution in [0.3, 0.4) is 0 Å². The number of nitrogens with two attached hydrogens (primary N) is 1. The van der Waals surface area contributed by atoms with Crippen LogP contribution in [-0.4, -0.2) is 9.97 Å². The van der Waals surface area contributed by atoms with Crippen LogP contribution >= 0.6 is 11.3 Å². The van der Waals surface area contributed by atoms with Crippen LogP contribution in [0.2, 0.25) is 0 Å². The van der Waals surface area contributed by atoms with E-state index < -0.39 is 0 Å². The largest absolute Gasteiger partial charge is 0.308 e. The molecule has 3 aromatic rings. The van der Waals surface area contributed by atoms with Crippen molar-refractivity contribution >= 4 is 27.4 Å². The molecule has 4 nitrogen and oxygen atoms in total. The number of benzene rings is 1. The first kappa shape index (κ1) is 13.7. The number of hydrogen-bond donors (Lipinski definition) is 2. The molecular weight excluding hydrogens is 292 g/mol. The second kappa shape index (κ2) is 5.66. The minimum absolute atomic E-state index is 0.730. The number of aryl methyl sites for hydroxylation is 2. The van der Waals surface area contributed by atoms with E-state index in [4.69, 9.17) is 10.8 Å².